The molecule has 5 nitrogen and oxygen atoms in total. The number of ketones is 1. The number of aryl methyl sites for hydroxylation is 1. The van der Waals surface area contributed by atoms with Crippen molar-refractivity contribution in [2.75, 3.05) is 12.0 Å². The van der Waals surface area contributed by atoms with Crippen molar-refractivity contribution in [1.29, 1.82) is 5.26 Å². The average Bonchev–Trinajstić information content (AvgIpc) is 2.79. The molecule has 1 aliphatic heterocycles. The molecule has 2 aromatic carbocycles. The first-order chi connectivity index (χ1) is 14.6. The highest BCUT2D eigenvalue weighted by molar-refractivity contribution is 6.01. The van der Waals surface area contributed by atoms with Crippen molar-refractivity contribution < 1.29 is 9.53 Å². The number of nitrogens with two attached hydrogens (primary N) is 1. The average molecular weight is 399 g/mol. The predicted octanol–water partition coefficient (Wildman–Crippen LogP) is 4.56. The predicted molar refractivity (Wildman–Crippen MR) is 117 cm³/mol. The second kappa shape index (κ2) is 8.08. The molecule has 0 bridgehead atoms. The zero-order valence-corrected chi connectivity index (χ0v) is 17.3. The summed E-state index contributed by atoms with van der Waals surface area (Å²) in [6.07, 6.45) is 2.96. The van der Waals surface area contributed by atoms with Gasteiger partial charge < -0.3 is 10.5 Å². The second-order valence-corrected chi connectivity index (χ2v) is 7.61. The van der Waals surface area contributed by atoms with Crippen molar-refractivity contribution in [2.24, 2.45) is 5.73 Å². The molecule has 1 heterocycles. The van der Waals surface area contributed by atoms with Gasteiger partial charge in [-0.25, -0.2) is 0 Å². The highest BCUT2D eigenvalue weighted by Gasteiger charge is 2.40. The normalized spacial score (nSPS) is 18.9. The summed E-state index contributed by atoms with van der Waals surface area (Å²) in [5.41, 5.74) is 11.6. The number of Topliss-reactive ketones (excluding diaryl/α,β-unsaturated/α-hetero) is 1. The lowest BCUT2D eigenvalue weighted by Gasteiger charge is -2.39. The highest BCUT2D eigenvalue weighted by Crippen LogP contribution is 2.46. The van der Waals surface area contributed by atoms with Crippen LogP contribution in [0.15, 0.2) is 71.2 Å². The summed E-state index contributed by atoms with van der Waals surface area (Å²) in [5, 5.41) is 10.0. The van der Waals surface area contributed by atoms with E-state index in [1.165, 1.54) is 5.56 Å². The van der Waals surface area contributed by atoms with Crippen LogP contribution in [-0.2, 0) is 11.2 Å². The fourth-order valence-electron chi connectivity index (χ4n) is 4.39. The van der Waals surface area contributed by atoms with Crippen molar-refractivity contribution in [3.63, 3.8) is 0 Å². The van der Waals surface area contributed by atoms with Gasteiger partial charge in [-0.3, -0.25) is 9.69 Å². The number of hydrogen-bond acceptors (Lipinski definition) is 5. The zero-order chi connectivity index (χ0) is 21.3. The van der Waals surface area contributed by atoms with Crippen LogP contribution in [0.2, 0.25) is 0 Å². The van der Waals surface area contributed by atoms with Gasteiger partial charge in [0.25, 0.3) is 0 Å². The molecule has 0 saturated heterocycles. The SMILES string of the molecule is CCc1ccc(C2C(C#N)=C(N)N(c3ccc(OC)cc3)C3=C2C(=O)CCC3)cc1. The van der Waals surface area contributed by atoms with Gasteiger partial charge in [0.05, 0.1) is 24.7 Å². The van der Waals surface area contributed by atoms with Crippen molar-refractivity contribution in [2.45, 2.75) is 38.5 Å². The lowest BCUT2D eigenvalue weighted by molar-refractivity contribution is -0.116. The molecule has 1 atom stereocenters. The summed E-state index contributed by atoms with van der Waals surface area (Å²) in [6.45, 7) is 2.10. The summed E-state index contributed by atoms with van der Waals surface area (Å²) in [7, 11) is 1.62. The molecule has 1 aliphatic carbocycles. The van der Waals surface area contributed by atoms with Crippen LogP contribution < -0.4 is 15.4 Å². The molecule has 0 fully saturated rings. The van der Waals surface area contributed by atoms with Gasteiger partial charge in [-0.05, 0) is 54.7 Å². The molecule has 1 unspecified atom stereocenters. The Morgan fingerprint density at radius 1 is 1.13 bits per heavy atom. The number of carbonyl (C=O) groups excluding carboxylic acids is 1. The first-order valence-electron chi connectivity index (χ1n) is 10.3. The number of hydrogen-bond donors (Lipinski definition) is 1. The van der Waals surface area contributed by atoms with Crippen molar-refractivity contribution >= 4 is 11.5 Å². The van der Waals surface area contributed by atoms with Crippen molar-refractivity contribution in [3.05, 3.63) is 82.3 Å². The first-order valence-corrected chi connectivity index (χ1v) is 10.3. The minimum atomic E-state index is -0.418. The van der Waals surface area contributed by atoms with Gasteiger partial charge in [-0.15, -0.1) is 0 Å². The lowest BCUT2D eigenvalue weighted by atomic mass is 9.75. The molecule has 0 aromatic heterocycles. The molecule has 2 N–H and O–H groups in total. The maximum absolute atomic E-state index is 13.1. The minimum absolute atomic E-state index is 0.0968. The summed E-state index contributed by atoms with van der Waals surface area (Å²) in [5.74, 6) is 0.806. The molecule has 4 rings (SSSR count). The smallest absolute Gasteiger partial charge is 0.161 e. The van der Waals surface area contributed by atoms with E-state index in [2.05, 4.69) is 25.1 Å². The molecular formula is C25H25N3O2. The molecule has 0 saturated carbocycles. The van der Waals surface area contributed by atoms with Crippen LogP contribution in [0.3, 0.4) is 0 Å². The maximum Gasteiger partial charge on any atom is 0.161 e. The third-order valence-corrected chi connectivity index (χ3v) is 5.97. The van der Waals surface area contributed by atoms with E-state index >= 15 is 0 Å². The van der Waals surface area contributed by atoms with Crippen LogP contribution in [0.4, 0.5) is 5.69 Å². The third-order valence-electron chi connectivity index (χ3n) is 5.97. The number of rotatable bonds is 4. The fraction of sp³-hybridized carbons (Fsp3) is 0.280. The molecule has 2 aromatic rings. The van der Waals surface area contributed by atoms with E-state index in [-0.39, 0.29) is 5.78 Å². The molecule has 0 amide bonds. The van der Waals surface area contributed by atoms with Crippen molar-refractivity contribution in [1.82, 2.24) is 0 Å². The van der Waals surface area contributed by atoms with Crippen LogP contribution >= 0.6 is 0 Å². The van der Waals surface area contributed by atoms with E-state index < -0.39 is 5.92 Å². The topological polar surface area (TPSA) is 79.3 Å². The number of allylic oxidation sites excluding steroid dienone is 3. The number of anilines is 1. The quantitative estimate of drug-likeness (QED) is 0.815. The summed E-state index contributed by atoms with van der Waals surface area (Å²) >= 11 is 0. The van der Waals surface area contributed by atoms with Gasteiger partial charge in [-0.1, -0.05) is 31.2 Å². The number of nitriles is 1. The maximum atomic E-state index is 13.1. The number of benzene rings is 2. The number of carbonyl (C=O) groups is 1. The Hall–Kier alpha value is -3.52. The van der Waals surface area contributed by atoms with Gasteiger partial charge in [-0.2, -0.15) is 5.26 Å². The van der Waals surface area contributed by atoms with E-state index in [4.69, 9.17) is 10.5 Å². The molecule has 0 radical (unpaired) electrons. The number of methoxy groups -OCH3 is 1. The van der Waals surface area contributed by atoms with E-state index in [1.54, 1.807) is 7.11 Å². The van der Waals surface area contributed by atoms with E-state index in [0.29, 0.717) is 23.4 Å². The largest absolute Gasteiger partial charge is 0.497 e. The second-order valence-electron chi connectivity index (χ2n) is 7.61. The van der Waals surface area contributed by atoms with E-state index in [1.807, 2.05) is 41.3 Å². The molecule has 5 heteroatoms. The Morgan fingerprint density at radius 3 is 2.43 bits per heavy atom. The Balaban J connectivity index is 1.90. The minimum Gasteiger partial charge on any atom is -0.497 e. The number of nitrogens with zero attached hydrogens (tertiary/aromatic N) is 2. The van der Waals surface area contributed by atoms with Gasteiger partial charge in [0, 0.05) is 23.4 Å². The Morgan fingerprint density at radius 2 is 1.83 bits per heavy atom. The van der Waals surface area contributed by atoms with Gasteiger partial charge >= 0.3 is 0 Å². The van der Waals surface area contributed by atoms with Gasteiger partial charge in [0.1, 0.15) is 11.6 Å². The van der Waals surface area contributed by atoms with Crippen LogP contribution in [0.25, 0.3) is 0 Å². The summed E-state index contributed by atoms with van der Waals surface area (Å²) < 4.78 is 5.26. The fourth-order valence-corrected chi connectivity index (χ4v) is 4.39. The molecule has 0 spiro atoms. The zero-order valence-electron chi connectivity index (χ0n) is 17.3. The first kappa shape index (κ1) is 19.8. The van der Waals surface area contributed by atoms with Crippen LogP contribution in [0, 0.1) is 11.3 Å². The van der Waals surface area contributed by atoms with Gasteiger partial charge in [0.15, 0.2) is 5.78 Å². The van der Waals surface area contributed by atoms with Gasteiger partial charge in [0.2, 0.25) is 0 Å². The highest BCUT2D eigenvalue weighted by atomic mass is 16.5. The molecule has 152 valence electrons. The van der Waals surface area contributed by atoms with E-state index in [0.717, 1.165) is 42.0 Å². The molecular weight excluding hydrogens is 374 g/mol. The summed E-state index contributed by atoms with van der Waals surface area (Å²) in [4.78, 5) is 15.0. The summed E-state index contributed by atoms with van der Waals surface area (Å²) in [6, 6.07) is 18.0. The van der Waals surface area contributed by atoms with Crippen LogP contribution in [-0.4, -0.2) is 12.9 Å². The Kier molecular flexibility index (Phi) is 5.33. The van der Waals surface area contributed by atoms with Crippen LogP contribution in [0.5, 0.6) is 5.75 Å². The Bertz CT molecular complexity index is 1070. The lowest BCUT2D eigenvalue weighted by Crippen LogP contribution is -2.38. The molecule has 2 aliphatic rings. The van der Waals surface area contributed by atoms with E-state index in [9.17, 15) is 10.1 Å². The Labute approximate surface area is 177 Å². The standard InChI is InChI=1S/C25H25N3O2/c1-3-16-7-9-17(10-8-16)23-20(15-26)25(27)28(18-11-13-19(30-2)14-12-18)21-5-4-6-22(29)24(21)23/h7-14,23H,3-6,27H2,1-2H3. The third kappa shape index (κ3) is 3.25. The van der Waals surface area contributed by atoms with Crippen LogP contribution in [0.1, 0.15) is 43.2 Å². The molecule has 30 heavy (non-hydrogen) atoms. The van der Waals surface area contributed by atoms with Crippen molar-refractivity contribution in [3.8, 4) is 11.8 Å². The monoisotopic (exact) mass is 399 g/mol. The number of ether oxygens (including phenoxy) is 1.